The molecule has 5 heteroatoms. The van der Waals surface area contributed by atoms with Crippen LogP contribution in [0.25, 0.3) is 0 Å². The van der Waals surface area contributed by atoms with Crippen LogP contribution in [0.1, 0.15) is 19.8 Å². The Balaban J connectivity index is 1.97. The first-order chi connectivity index (χ1) is 8.29. The third-order valence-corrected chi connectivity index (χ3v) is 3.06. The minimum Gasteiger partial charge on any atom is -0.381 e. The molecular weight excluding hydrogens is 216 g/mol. The highest BCUT2D eigenvalue weighted by Crippen LogP contribution is 2.21. The lowest BCUT2D eigenvalue weighted by atomic mass is 9.99. The van der Waals surface area contributed by atoms with Gasteiger partial charge in [-0.2, -0.15) is 4.98 Å². The second-order valence-corrected chi connectivity index (χ2v) is 4.39. The number of ether oxygens (including phenoxy) is 1. The summed E-state index contributed by atoms with van der Waals surface area (Å²) in [6, 6.07) is 1.92. The van der Waals surface area contributed by atoms with Gasteiger partial charge < -0.3 is 15.4 Å². The SMILES string of the molecule is CCOCC1CCCN(c2ccnc(N)n2)C1. The van der Waals surface area contributed by atoms with E-state index >= 15 is 0 Å². The Kier molecular flexibility index (Phi) is 4.14. The maximum absolute atomic E-state index is 5.61. The number of anilines is 2. The fraction of sp³-hybridized carbons (Fsp3) is 0.667. The number of nitrogens with zero attached hydrogens (tertiary/aromatic N) is 3. The molecule has 2 rings (SSSR count). The Hall–Kier alpha value is -1.36. The third-order valence-electron chi connectivity index (χ3n) is 3.06. The molecule has 1 fully saturated rings. The van der Waals surface area contributed by atoms with Crippen molar-refractivity contribution in [2.24, 2.45) is 5.92 Å². The van der Waals surface area contributed by atoms with Crippen molar-refractivity contribution in [1.82, 2.24) is 9.97 Å². The molecule has 0 radical (unpaired) electrons. The molecule has 17 heavy (non-hydrogen) atoms. The van der Waals surface area contributed by atoms with Crippen LogP contribution in [0.4, 0.5) is 11.8 Å². The fourth-order valence-corrected chi connectivity index (χ4v) is 2.23. The summed E-state index contributed by atoms with van der Waals surface area (Å²) in [4.78, 5) is 10.5. The monoisotopic (exact) mass is 236 g/mol. The van der Waals surface area contributed by atoms with E-state index in [4.69, 9.17) is 10.5 Å². The van der Waals surface area contributed by atoms with Gasteiger partial charge in [0.05, 0.1) is 6.61 Å². The van der Waals surface area contributed by atoms with Crippen LogP contribution in [0.2, 0.25) is 0 Å². The minimum absolute atomic E-state index is 0.342. The van der Waals surface area contributed by atoms with Crippen LogP contribution in [-0.4, -0.2) is 36.3 Å². The number of nitrogens with two attached hydrogens (primary N) is 1. The van der Waals surface area contributed by atoms with Gasteiger partial charge in [0.2, 0.25) is 5.95 Å². The van der Waals surface area contributed by atoms with Crippen molar-refractivity contribution < 1.29 is 4.74 Å². The molecule has 1 unspecified atom stereocenters. The van der Waals surface area contributed by atoms with Gasteiger partial charge in [-0.3, -0.25) is 0 Å². The Morgan fingerprint density at radius 1 is 1.59 bits per heavy atom. The molecule has 1 aromatic heterocycles. The second kappa shape index (κ2) is 5.82. The van der Waals surface area contributed by atoms with Crippen LogP contribution in [0.15, 0.2) is 12.3 Å². The van der Waals surface area contributed by atoms with Gasteiger partial charge in [-0.15, -0.1) is 0 Å². The first kappa shape index (κ1) is 12.1. The van der Waals surface area contributed by atoms with Crippen molar-refractivity contribution in [2.75, 3.05) is 36.9 Å². The van der Waals surface area contributed by atoms with Gasteiger partial charge in [0.15, 0.2) is 0 Å². The first-order valence-electron chi connectivity index (χ1n) is 6.20. The number of piperidine rings is 1. The van der Waals surface area contributed by atoms with E-state index in [0.29, 0.717) is 11.9 Å². The average molecular weight is 236 g/mol. The smallest absolute Gasteiger partial charge is 0.221 e. The summed E-state index contributed by atoms with van der Waals surface area (Å²) < 4.78 is 5.50. The predicted octanol–water partition coefficient (Wildman–Crippen LogP) is 1.31. The molecule has 94 valence electrons. The molecule has 0 aliphatic carbocycles. The average Bonchev–Trinajstić information content (AvgIpc) is 2.37. The molecule has 0 bridgehead atoms. The van der Waals surface area contributed by atoms with Crippen LogP contribution in [0.5, 0.6) is 0 Å². The Morgan fingerprint density at radius 3 is 3.24 bits per heavy atom. The number of aromatic nitrogens is 2. The Labute approximate surface area is 102 Å². The molecule has 5 nitrogen and oxygen atoms in total. The molecule has 0 saturated carbocycles. The number of rotatable bonds is 4. The summed E-state index contributed by atoms with van der Waals surface area (Å²) >= 11 is 0. The van der Waals surface area contributed by atoms with E-state index in [9.17, 15) is 0 Å². The van der Waals surface area contributed by atoms with Gasteiger partial charge in [0.25, 0.3) is 0 Å². The van der Waals surface area contributed by atoms with Gasteiger partial charge in [-0.1, -0.05) is 0 Å². The van der Waals surface area contributed by atoms with Crippen molar-refractivity contribution >= 4 is 11.8 Å². The van der Waals surface area contributed by atoms with Crippen molar-refractivity contribution in [1.29, 1.82) is 0 Å². The molecule has 1 aliphatic rings. The van der Waals surface area contributed by atoms with Gasteiger partial charge in [0.1, 0.15) is 5.82 Å². The maximum atomic E-state index is 5.61. The summed E-state index contributed by atoms with van der Waals surface area (Å²) in [6.45, 7) is 5.70. The van der Waals surface area contributed by atoms with Crippen LogP contribution in [0, 0.1) is 5.92 Å². The van der Waals surface area contributed by atoms with E-state index in [1.807, 2.05) is 13.0 Å². The van der Waals surface area contributed by atoms with Crippen LogP contribution in [0.3, 0.4) is 0 Å². The highest BCUT2D eigenvalue weighted by atomic mass is 16.5. The summed E-state index contributed by atoms with van der Waals surface area (Å²) in [5.74, 6) is 1.87. The van der Waals surface area contributed by atoms with E-state index in [1.165, 1.54) is 12.8 Å². The molecule has 1 saturated heterocycles. The fourth-order valence-electron chi connectivity index (χ4n) is 2.23. The molecular formula is C12H20N4O. The molecule has 0 aromatic carbocycles. The summed E-state index contributed by atoms with van der Waals surface area (Å²) in [5, 5.41) is 0. The zero-order chi connectivity index (χ0) is 12.1. The summed E-state index contributed by atoms with van der Waals surface area (Å²) in [7, 11) is 0. The van der Waals surface area contributed by atoms with Gasteiger partial charge in [0, 0.05) is 25.9 Å². The topological polar surface area (TPSA) is 64.3 Å². The lowest BCUT2D eigenvalue weighted by Gasteiger charge is -2.33. The first-order valence-corrected chi connectivity index (χ1v) is 6.20. The van der Waals surface area contributed by atoms with Gasteiger partial charge in [-0.25, -0.2) is 4.98 Å². The van der Waals surface area contributed by atoms with Crippen molar-refractivity contribution in [3.8, 4) is 0 Å². The van der Waals surface area contributed by atoms with E-state index in [0.717, 1.165) is 32.1 Å². The summed E-state index contributed by atoms with van der Waals surface area (Å²) in [6.07, 6.45) is 4.13. The number of nitrogen functional groups attached to an aromatic ring is 1. The third kappa shape index (κ3) is 3.30. The maximum Gasteiger partial charge on any atom is 0.221 e. The zero-order valence-electron chi connectivity index (χ0n) is 10.3. The van der Waals surface area contributed by atoms with E-state index in [-0.39, 0.29) is 0 Å². The lowest BCUT2D eigenvalue weighted by Crippen LogP contribution is -2.37. The lowest BCUT2D eigenvalue weighted by molar-refractivity contribution is 0.104. The van der Waals surface area contributed by atoms with Crippen molar-refractivity contribution in [3.63, 3.8) is 0 Å². The van der Waals surface area contributed by atoms with Crippen molar-refractivity contribution in [3.05, 3.63) is 12.3 Å². The predicted molar refractivity (Wildman–Crippen MR) is 67.9 cm³/mol. The van der Waals surface area contributed by atoms with Crippen LogP contribution >= 0.6 is 0 Å². The van der Waals surface area contributed by atoms with Gasteiger partial charge in [-0.05, 0) is 31.7 Å². The highest BCUT2D eigenvalue weighted by Gasteiger charge is 2.21. The summed E-state index contributed by atoms with van der Waals surface area (Å²) in [5.41, 5.74) is 5.61. The molecule has 1 aromatic rings. The zero-order valence-corrected chi connectivity index (χ0v) is 10.3. The Bertz CT molecular complexity index is 358. The number of hydrogen-bond acceptors (Lipinski definition) is 5. The van der Waals surface area contributed by atoms with E-state index < -0.39 is 0 Å². The van der Waals surface area contributed by atoms with Crippen molar-refractivity contribution in [2.45, 2.75) is 19.8 Å². The van der Waals surface area contributed by atoms with E-state index in [1.54, 1.807) is 6.20 Å². The molecule has 2 heterocycles. The highest BCUT2D eigenvalue weighted by molar-refractivity contribution is 5.41. The minimum atomic E-state index is 0.342. The molecule has 1 aliphatic heterocycles. The largest absolute Gasteiger partial charge is 0.381 e. The molecule has 0 spiro atoms. The van der Waals surface area contributed by atoms with Crippen LogP contribution < -0.4 is 10.6 Å². The van der Waals surface area contributed by atoms with Crippen LogP contribution in [-0.2, 0) is 4.74 Å². The molecule has 2 N–H and O–H groups in total. The van der Waals surface area contributed by atoms with Gasteiger partial charge >= 0.3 is 0 Å². The standard InChI is InChI=1S/C12H20N4O/c1-2-17-9-10-4-3-7-16(8-10)11-5-6-14-12(13)15-11/h5-6,10H,2-4,7-9H2,1H3,(H2,13,14,15). The Morgan fingerprint density at radius 2 is 2.47 bits per heavy atom. The van der Waals surface area contributed by atoms with E-state index in [2.05, 4.69) is 14.9 Å². The number of hydrogen-bond donors (Lipinski definition) is 1. The second-order valence-electron chi connectivity index (χ2n) is 4.39. The quantitative estimate of drug-likeness (QED) is 0.854. The molecule has 1 atom stereocenters. The normalized spacial score (nSPS) is 20.5. The molecule has 0 amide bonds.